The van der Waals surface area contributed by atoms with Crippen LogP contribution in [-0.2, 0) is 25.5 Å². The molecule has 0 unspecified atom stereocenters. The second-order valence-corrected chi connectivity index (χ2v) is 18.8. The predicted molar refractivity (Wildman–Crippen MR) is 307 cm³/mol. The first-order valence-electron chi connectivity index (χ1n) is 26.5. The molecule has 0 aliphatic rings. The molecule has 0 fully saturated rings. The summed E-state index contributed by atoms with van der Waals surface area (Å²) in [7, 11) is 0. The number of anilines is 6. The Bertz CT molecular complexity index is 2840. The highest BCUT2D eigenvalue weighted by molar-refractivity contribution is 5.82. The highest BCUT2D eigenvalue weighted by Crippen LogP contribution is 2.39. The standard InChI is InChI=1S/C66H69N5O4/c1-5-6-7-8-9-10-11-12-13-14-15-16-17-18-19-20-21-53-22-34-59(35-23-53)70(60-36-24-54(25-37-60)46-52(2)49-67)63-42-30-57(31-43-63)58-32-44-64(45-33-58)71(61-38-26-55(27-39-61)47-65(68-3)74-50-72)62-40-28-56(29-41-62)48-66(69-4)75-51-73/h22-48,50-51H,5-21H2,1-2H3/b52-46-,65-47-,66-48+. The molecule has 0 aliphatic heterocycles. The first-order chi connectivity index (χ1) is 36.9. The zero-order valence-electron chi connectivity index (χ0n) is 43.6. The van der Waals surface area contributed by atoms with E-state index in [0.717, 1.165) is 57.2 Å². The van der Waals surface area contributed by atoms with Gasteiger partial charge in [0.05, 0.1) is 19.2 Å². The van der Waals surface area contributed by atoms with Crippen LogP contribution in [0.1, 0.15) is 139 Å². The Morgan fingerprint density at radius 1 is 0.453 bits per heavy atom. The van der Waals surface area contributed by atoms with E-state index in [0.29, 0.717) is 16.7 Å². The molecular weight excluding hydrogens is 927 g/mol. The quantitative estimate of drug-likeness (QED) is 0.0141. The molecule has 0 N–H and O–H groups in total. The van der Waals surface area contributed by atoms with Gasteiger partial charge in [0.25, 0.3) is 12.9 Å². The van der Waals surface area contributed by atoms with Crippen LogP contribution in [0.25, 0.3) is 39.0 Å². The topological polar surface area (TPSA) is 91.6 Å². The lowest BCUT2D eigenvalue weighted by Crippen LogP contribution is -2.10. The smallest absolute Gasteiger partial charge is 0.348 e. The number of allylic oxidation sites excluding steroid dienone is 1. The van der Waals surface area contributed by atoms with E-state index in [4.69, 9.17) is 22.6 Å². The summed E-state index contributed by atoms with van der Waals surface area (Å²) < 4.78 is 9.58. The summed E-state index contributed by atoms with van der Waals surface area (Å²) in [6.45, 7) is 19.2. The fourth-order valence-corrected chi connectivity index (χ4v) is 9.20. The van der Waals surface area contributed by atoms with Gasteiger partial charge in [-0.25, -0.2) is 0 Å². The summed E-state index contributed by atoms with van der Waals surface area (Å²) in [5.74, 6) is -0.266. The van der Waals surface area contributed by atoms with E-state index in [2.05, 4.69) is 130 Å². The van der Waals surface area contributed by atoms with Gasteiger partial charge < -0.3 is 19.3 Å². The van der Waals surface area contributed by atoms with Crippen LogP contribution >= 0.6 is 0 Å². The van der Waals surface area contributed by atoms with Crippen LogP contribution in [0, 0.1) is 24.5 Å². The number of hydrogen-bond acceptors (Lipinski definition) is 7. The van der Waals surface area contributed by atoms with Crippen molar-refractivity contribution in [1.82, 2.24) is 0 Å². The van der Waals surface area contributed by atoms with Crippen LogP contribution in [0.5, 0.6) is 0 Å². The van der Waals surface area contributed by atoms with Gasteiger partial charge in [-0.1, -0.05) is 176 Å². The summed E-state index contributed by atoms with van der Waals surface area (Å²) in [6, 6.07) is 51.5. The van der Waals surface area contributed by atoms with Gasteiger partial charge >= 0.3 is 11.8 Å². The molecule has 6 rings (SSSR count). The number of carbonyl (C=O) groups is 2. The van der Waals surface area contributed by atoms with E-state index in [9.17, 15) is 14.9 Å². The number of unbranched alkanes of at least 4 members (excludes halogenated alkanes) is 15. The lowest BCUT2D eigenvalue weighted by Gasteiger charge is -2.26. The molecule has 0 spiro atoms. The number of nitrogens with zero attached hydrogens (tertiary/aromatic N) is 5. The maximum Gasteiger partial charge on any atom is 0.348 e. The van der Waals surface area contributed by atoms with Gasteiger partial charge in [0.15, 0.2) is 0 Å². The van der Waals surface area contributed by atoms with E-state index < -0.39 is 0 Å². The van der Waals surface area contributed by atoms with Crippen molar-refractivity contribution in [3.8, 4) is 17.2 Å². The first kappa shape index (κ1) is 55.9. The summed E-state index contributed by atoms with van der Waals surface area (Å²) in [5, 5.41) is 9.40. The molecule has 0 aromatic heterocycles. The molecular formula is C66H69N5O4. The lowest BCUT2D eigenvalue weighted by molar-refractivity contribution is -0.125. The Kier molecular flexibility index (Phi) is 23.2. The van der Waals surface area contributed by atoms with Crippen molar-refractivity contribution in [3.63, 3.8) is 0 Å². The number of rotatable bonds is 31. The zero-order chi connectivity index (χ0) is 52.9. The molecule has 6 aromatic rings. The summed E-state index contributed by atoms with van der Waals surface area (Å²) in [6.07, 6.45) is 27.8. The van der Waals surface area contributed by atoms with E-state index in [-0.39, 0.29) is 24.7 Å². The zero-order valence-corrected chi connectivity index (χ0v) is 43.6. The molecule has 382 valence electrons. The average Bonchev–Trinajstić information content (AvgIpc) is 3.45. The Balaban J connectivity index is 1.14. The maximum atomic E-state index is 10.9. The van der Waals surface area contributed by atoms with Crippen molar-refractivity contribution in [1.29, 1.82) is 5.26 Å². The molecule has 9 nitrogen and oxygen atoms in total. The molecule has 0 saturated heterocycles. The molecule has 9 heteroatoms. The Morgan fingerprint density at radius 3 is 1.05 bits per heavy atom. The van der Waals surface area contributed by atoms with Crippen LogP contribution in [0.15, 0.2) is 163 Å². The molecule has 0 radical (unpaired) electrons. The third-order valence-electron chi connectivity index (χ3n) is 13.2. The van der Waals surface area contributed by atoms with Crippen molar-refractivity contribution >= 4 is 65.3 Å². The third kappa shape index (κ3) is 17.9. The van der Waals surface area contributed by atoms with Crippen molar-refractivity contribution in [2.75, 3.05) is 9.80 Å². The summed E-state index contributed by atoms with van der Waals surface area (Å²) in [4.78, 5) is 32.7. The Labute approximate surface area is 445 Å². The minimum atomic E-state index is -0.133. The highest BCUT2D eigenvalue weighted by Gasteiger charge is 2.16. The third-order valence-corrected chi connectivity index (χ3v) is 13.2. The van der Waals surface area contributed by atoms with E-state index in [1.165, 1.54) is 120 Å². The maximum absolute atomic E-state index is 10.9. The van der Waals surface area contributed by atoms with Crippen LogP contribution < -0.4 is 9.80 Å². The number of hydrogen-bond donors (Lipinski definition) is 0. The minimum Gasteiger partial charge on any atom is -0.454 e. The van der Waals surface area contributed by atoms with Gasteiger partial charge in [-0.15, -0.1) is 0 Å². The normalized spacial score (nSPS) is 11.5. The average molecular weight is 996 g/mol. The van der Waals surface area contributed by atoms with Crippen LogP contribution in [0.3, 0.4) is 0 Å². The number of ether oxygens (including phenoxy) is 2. The van der Waals surface area contributed by atoms with Crippen molar-refractivity contribution < 1.29 is 19.1 Å². The molecule has 0 amide bonds. The van der Waals surface area contributed by atoms with Gasteiger partial charge in [-0.3, -0.25) is 9.59 Å². The van der Waals surface area contributed by atoms with E-state index >= 15 is 0 Å². The number of aryl methyl sites for hydroxylation is 1. The fourth-order valence-electron chi connectivity index (χ4n) is 9.20. The summed E-state index contributed by atoms with van der Waals surface area (Å²) >= 11 is 0. The van der Waals surface area contributed by atoms with Gasteiger partial charge in [0.1, 0.15) is 0 Å². The van der Waals surface area contributed by atoms with Crippen LogP contribution in [0.2, 0.25) is 0 Å². The van der Waals surface area contributed by atoms with Gasteiger partial charge in [-0.05, 0) is 144 Å². The number of nitriles is 1. The predicted octanol–water partition coefficient (Wildman–Crippen LogP) is 18.8. The van der Waals surface area contributed by atoms with Crippen molar-refractivity contribution in [2.24, 2.45) is 0 Å². The van der Waals surface area contributed by atoms with Crippen molar-refractivity contribution in [2.45, 2.75) is 123 Å². The minimum absolute atomic E-state index is 0.133. The molecule has 0 aliphatic carbocycles. The van der Waals surface area contributed by atoms with Gasteiger partial charge in [-0.2, -0.15) is 15.0 Å². The first-order valence-corrected chi connectivity index (χ1v) is 26.5. The largest absolute Gasteiger partial charge is 0.454 e. The van der Waals surface area contributed by atoms with E-state index in [1.807, 2.05) is 61.5 Å². The molecule has 0 bridgehead atoms. The molecule has 6 aromatic carbocycles. The molecule has 75 heavy (non-hydrogen) atoms. The van der Waals surface area contributed by atoms with E-state index in [1.54, 1.807) is 0 Å². The Morgan fingerprint density at radius 2 is 0.747 bits per heavy atom. The molecule has 0 heterocycles. The lowest BCUT2D eigenvalue weighted by atomic mass is 10.0. The monoisotopic (exact) mass is 996 g/mol. The van der Waals surface area contributed by atoms with Crippen molar-refractivity contribution in [3.05, 3.63) is 208 Å². The van der Waals surface area contributed by atoms with Gasteiger partial charge in [0.2, 0.25) is 0 Å². The second kappa shape index (κ2) is 31.2. The fraction of sp³-hybridized carbons (Fsp3) is 0.288. The van der Waals surface area contributed by atoms with Crippen LogP contribution in [-0.4, -0.2) is 12.9 Å². The van der Waals surface area contributed by atoms with Crippen LogP contribution in [0.4, 0.5) is 34.1 Å². The highest BCUT2D eigenvalue weighted by atomic mass is 16.5. The van der Waals surface area contributed by atoms with Gasteiger partial charge in [0, 0.05) is 39.7 Å². The number of carbonyl (C=O) groups excluding carboxylic acids is 2. The summed E-state index contributed by atoms with van der Waals surface area (Å²) in [5.41, 5.74) is 12.1. The Hall–Kier alpha value is -8.45. The molecule has 0 atom stereocenters. The second-order valence-electron chi connectivity index (χ2n) is 18.8. The SMILES string of the molecule is [C-]#[N+]/C(=C/c1ccc(N(c2ccc(/C=C(\[N+]#[C-])OC=O)cc2)c2ccc(-c3ccc(N(c4ccc(/C=C(/C)C#N)cc4)c4ccc(CCCCCCCCCCCCCCCCCC)cc4)cc3)cc2)cc1)OC=O. The molecule has 0 saturated carbocycles. The number of benzene rings is 6.